The Morgan fingerprint density at radius 3 is 2.68 bits per heavy atom. The molecule has 1 aromatic heterocycles. The molecule has 0 radical (unpaired) electrons. The molecule has 28 heavy (non-hydrogen) atoms. The van der Waals surface area contributed by atoms with Gasteiger partial charge in [0.2, 0.25) is 21.7 Å². The molecule has 0 bridgehead atoms. The Bertz CT molecular complexity index is 1090. The van der Waals surface area contributed by atoms with Gasteiger partial charge in [0.1, 0.15) is 0 Å². The van der Waals surface area contributed by atoms with Crippen LogP contribution in [0.4, 0.5) is 0 Å². The number of aromatic nitrogens is 2. The number of hydrogen-bond donors (Lipinski definition) is 0. The highest BCUT2D eigenvalue weighted by Gasteiger charge is 2.33. The highest BCUT2D eigenvalue weighted by atomic mass is 32.2. The van der Waals surface area contributed by atoms with Crippen molar-refractivity contribution in [1.29, 1.82) is 0 Å². The summed E-state index contributed by atoms with van der Waals surface area (Å²) in [6.45, 7) is 2.05. The lowest BCUT2D eigenvalue weighted by Gasteiger charge is -2.33. The molecule has 1 atom stereocenters. The van der Waals surface area contributed by atoms with E-state index in [1.165, 1.54) is 16.1 Å². The standard InChI is InChI=1S/C21H23N3O3S/c1-15-8-3-5-11-17(15)21-22-20(27-23-21)14-24(28(2,25)26)19-13-7-10-16-9-4-6-12-18(16)19/h3-6,8-9,11-12,19H,7,10,13-14H2,1-2H3/t19-/m0/s1. The minimum Gasteiger partial charge on any atom is -0.338 e. The molecule has 0 unspecified atom stereocenters. The summed E-state index contributed by atoms with van der Waals surface area (Å²) >= 11 is 0. The van der Waals surface area contributed by atoms with Crippen LogP contribution < -0.4 is 0 Å². The first kappa shape index (κ1) is 18.8. The third-order valence-corrected chi connectivity index (χ3v) is 6.49. The van der Waals surface area contributed by atoms with Gasteiger partial charge in [-0.25, -0.2) is 8.42 Å². The number of aryl methyl sites for hydroxylation is 2. The molecule has 0 spiro atoms. The van der Waals surface area contributed by atoms with Gasteiger partial charge in [-0.15, -0.1) is 0 Å². The summed E-state index contributed by atoms with van der Waals surface area (Å²) in [5, 5.41) is 4.06. The van der Waals surface area contributed by atoms with E-state index in [0.29, 0.717) is 11.7 Å². The maximum Gasteiger partial charge on any atom is 0.242 e. The van der Waals surface area contributed by atoms with E-state index < -0.39 is 10.0 Å². The molecule has 1 aliphatic carbocycles. The fourth-order valence-corrected chi connectivity index (χ4v) is 4.90. The lowest BCUT2D eigenvalue weighted by Crippen LogP contribution is -2.35. The van der Waals surface area contributed by atoms with Crippen molar-refractivity contribution in [2.45, 2.75) is 38.8 Å². The summed E-state index contributed by atoms with van der Waals surface area (Å²) in [4.78, 5) is 4.46. The Hall–Kier alpha value is -2.51. The zero-order valence-electron chi connectivity index (χ0n) is 16.0. The predicted octanol–water partition coefficient (Wildman–Crippen LogP) is 3.88. The first-order chi connectivity index (χ1) is 13.4. The lowest BCUT2D eigenvalue weighted by atomic mass is 9.88. The van der Waals surface area contributed by atoms with E-state index >= 15 is 0 Å². The summed E-state index contributed by atoms with van der Waals surface area (Å²) in [5.74, 6) is 0.775. The van der Waals surface area contributed by atoms with Gasteiger partial charge in [0.25, 0.3) is 0 Å². The normalized spacial score (nSPS) is 16.9. The van der Waals surface area contributed by atoms with Crippen molar-refractivity contribution in [2.75, 3.05) is 6.26 Å². The van der Waals surface area contributed by atoms with Crippen molar-refractivity contribution in [3.63, 3.8) is 0 Å². The third kappa shape index (κ3) is 3.72. The van der Waals surface area contributed by atoms with Gasteiger partial charge >= 0.3 is 0 Å². The SMILES string of the molecule is Cc1ccccc1-c1noc(CN([C@H]2CCCc3ccccc32)S(C)(=O)=O)n1. The minimum atomic E-state index is -3.46. The second-order valence-corrected chi connectivity index (χ2v) is 9.18. The van der Waals surface area contributed by atoms with Gasteiger partial charge < -0.3 is 4.52 Å². The van der Waals surface area contributed by atoms with E-state index in [2.05, 4.69) is 16.2 Å². The fraction of sp³-hybridized carbons (Fsp3) is 0.333. The van der Waals surface area contributed by atoms with E-state index in [1.54, 1.807) is 0 Å². The first-order valence-electron chi connectivity index (χ1n) is 9.36. The summed E-state index contributed by atoms with van der Waals surface area (Å²) in [6.07, 6.45) is 3.94. The quantitative estimate of drug-likeness (QED) is 0.653. The first-order valence-corrected chi connectivity index (χ1v) is 11.2. The van der Waals surface area contributed by atoms with Crippen molar-refractivity contribution in [1.82, 2.24) is 14.4 Å². The molecule has 1 aliphatic rings. The Labute approximate surface area is 165 Å². The number of rotatable bonds is 5. The largest absolute Gasteiger partial charge is 0.338 e. The zero-order valence-corrected chi connectivity index (χ0v) is 16.8. The van der Waals surface area contributed by atoms with E-state index in [1.807, 2.05) is 49.4 Å². The van der Waals surface area contributed by atoms with Crippen LogP contribution >= 0.6 is 0 Å². The molecule has 3 aromatic rings. The van der Waals surface area contributed by atoms with Crippen LogP contribution in [-0.4, -0.2) is 29.1 Å². The van der Waals surface area contributed by atoms with Crippen LogP contribution in [0.25, 0.3) is 11.4 Å². The zero-order chi connectivity index (χ0) is 19.7. The van der Waals surface area contributed by atoms with Gasteiger partial charge in [0.05, 0.1) is 18.8 Å². The Morgan fingerprint density at radius 2 is 1.89 bits per heavy atom. The Kier molecular flexibility index (Phi) is 5.03. The van der Waals surface area contributed by atoms with Crippen LogP contribution in [0.5, 0.6) is 0 Å². The molecule has 0 saturated carbocycles. The predicted molar refractivity (Wildman–Crippen MR) is 107 cm³/mol. The van der Waals surface area contributed by atoms with Gasteiger partial charge in [-0.3, -0.25) is 0 Å². The minimum absolute atomic E-state index is 0.0662. The summed E-state index contributed by atoms with van der Waals surface area (Å²) in [7, 11) is -3.46. The van der Waals surface area contributed by atoms with E-state index in [0.717, 1.165) is 36.0 Å². The molecule has 0 amide bonds. The highest BCUT2D eigenvalue weighted by Crippen LogP contribution is 2.36. The van der Waals surface area contributed by atoms with Crippen LogP contribution in [0, 0.1) is 6.92 Å². The molecule has 0 aliphatic heterocycles. The molecule has 2 aromatic carbocycles. The number of nitrogens with zero attached hydrogens (tertiary/aromatic N) is 3. The lowest BCUT2D eigenvalue weighted by molar-refractivity contribution is 0.251. The number of sulfonamides is 1. The fourth-order valence-electron chi connectivity index (χ4n) is 3.87. The summed E-state index contributed by atoms with van der Waals surface area (Å²) in [6, 6.07) is 15.6. The van der Waals surface area contributed by atoms with Crippen molar-refractivity contribution in [3.8, 4) is 11.4 Å². The molecule has 6 nitrogen and oxygen atoms in total. The second kappa shape index (κ2) is 7.48. The maximum atomic E-state index is 12.6. The van der Waals surface area contributed by atoms with Crippen molar-refractivity contribution in [3.05, 3.63) is 71.1 Å². The molecule has 146 valence electrons. The topological polar surface area (TPSA) is 76.3 Å². The van der Waals surface area contributed by atoms with Crippen LogP contribution in [0.3, 0.4) is 0 Å². The number of hydrogen-bond acceptors (Lipinski definition) is 5. The molecule has 7 heteroatoms. The molecule has 1 heterocycles. The van der Waals surface area contributed by atoms with Gasteiger partial charge in [0.15, 0.2) is 0 Å². The van der Waals surface area contributed by atoms with E-state index in [9.17, 15) is 8.42 Å². The van der Waals surface area contributed by atoms with E-state index in [-0.39, 0.29) is 12.6 Å². The molecule has 0 saturated heterocycles. The van der Waals surface area contributed by atoms with Gasteiger partial charge in [0, 0.05) is 5.56 Å². The van der Waals surface area contributed by atoms with Gasteiger partial charge in [-0.05, 0) is 42.9 Å². The van der Waals surface area contributed by atoms with Crippen molar-refractivity contribution >= 4 is 10.0 Å². The number of benzene rings is 2. The van der Waals surface area contributed by atoms with Crippen LogP contribution in [0.15, 0.2) is 53.1 Å². The van der Waals surface area contributed by atoms with Gasteiger partial charge in [-0.1, -0.05) is 53.7 Å². The van der Waals surface area contributed by atoms with Crippen LogP contribution in [-0.2, 0) is 23.0 Å². The Morgan fingerprint density at radius 1 is 1.14 bits per heavy atom. The monoisotopic (exact) mass is 397 g/mol. The van der Waals surface area contributed by atoms with Gasteiger partial charge in [-0.2, -0.15) is 9.29 Å². The second-order valence-electron chi connectivity index (χ2n) is 7.24. The van der Waals surface area contributed by atoms with Crippen LogP contribution in [0.1, 0.15) is 41.5 Å². The average Bonchev–Trinajstić information content (AvgIpc) is 3.14. The third-order valence-electron chi connectivity index (χ3n) is 5.26. The van der Waals surface area contributed by atoms with Crippen molar-refractivity contribution < 1.29 is 12.9 Å². The number of fused-ring (bicyclic) bond motifs is 1. The molecular weight excluding hydrogens is 374 g/mol. The summed E-state index contributed by atoms with van der Waals surface area (Å²) in [5.41, 5.74) is 4.19. The maximum absolute atomic E-state index is 12.6. The molecule has 4 rings (SSSR count). The smallest absolute Gasteiger partial charge is 0.242 e. The van der Waals surface area contributed by atoms with E-state index in [4.69, 9.17) is 4.52 Å². The van der Waals surface area contributed by atoms with Crippen LogP contribution in [0.2, 0.25) is 0 Å². The molecule has 0 fully saturated rings. The van der Waals surface area contributed by atoms with Crippen molar-refractivity contribution in [2.24, 2.45) is 0 Å². The average molecular weight is 398 g/mol. The molecular formula is C21H23N3O3S. The molecule has 0 N–H and O–H groups in total. The summed E-state index contributed by atoms with van der Waals surface area (Å²) < 4.78 is 32.1. The Balaban J connectivity index is 1.66. The highest BCUT2D eigenvalue weighted by molar-refractivity contribution is 7.88.